The molecule has 0 aromatic carbocycles. The van der Waals surface area contributed by atoms with Crippen LogP contribution in [0.15, 0.2) is 0 Å². The summed E-state index contributed by atoms with van der Waals surface area (Å²) < 4.78 is 0. The highest BCUT2D eigenvalue weighted by atomic mass is 35.5. The fourth-order valence-corrected chi connectivity index (χ4v) is 2.00. The smallest absolute Gasteiger partial charge is 0.223 e. The van der Waals surface area contributed by atoms with Crippen LogP contribution in [0.2, 0.25) is 0 Å². The highest BCUT2D eigenvalue weighted by molar-refractivity contribution is 5.85. The molecule has 2 atom stereocenters. The number of rotatable bonds is 5. The molecular weight excluding hydrogens is 224 g/mol. The van der Waals surface area contributed by atoms with E-state index in [-0.39, 0.29) is 18.3 Å². The van der Waals surface area contributed by atoms with Gasteiger partial charge in [0, 0.05) is 26.1 Å². The maximum atomic E-state index is 11.8. The topological polar surface area (TPSA) is 32.3 Å². The zero-order valence-electron chi connectivity index (χ0n) is 10.7. The Morgan fingerprint density at radius 1 is 1.56 bits per heavy atom. The van der Waals surface area contributed by atoms with Crippen LogP contribution in [-0.4, -0.2) is 37.0 Å². The Morgan fingerprint density at radius 2 is 2.25 bits per heavy atom. The second kappa shape index (κ2) is 7.91. The van der Waals surface area contributed by atoms with Gasteiger partial charge >= 0.3 is 0 Å². The summed E-state index contributed by atoms with van der Waals surface area (Å²) in [5, 5.41) is 3.36. The van der Waals surface area contributed by atoms with Crippen molar-refractivity contribution in [2.75, 3.05) is 20.1 Å². The van der Waals surface area contributed by atoms with Crippen molar-refractivity contribution in [3.63, 3.8) is 0 Å². The molecule has 3 nitrogen and oxygen atoms in total. The van der Waals surface area contributed by atoms with E-state index in [9.17, 15) is 4.79 Å². The summed E-state index contributed by atoms with van der Waals surface area (Å²) in [6.45, 7) is 6.33. The molecule has 2 unspecified atom stereocenters. The lowest BCUT2D eigenvalue weighted by Gasteiger charge is -2.22. The Morgan fingerprint density at radius 3 is 2.75 bits per heavy atom. The fraction of sp³-hybridized carbons (Fsp3) is 0.917. The van der Waals surface area contributed by atoms with Crippen LogP contribution in [0, 0.1) is 5.92 Å². The summed E-state index contributed by atoms with van der Waals surface area (Å²) in [6.07, 6.45) is 4.18. The van der Waals surface area contributed by atoms with Gasteiger partial charge in [0.15, 0.2) is 0 Å². The quantitative estimate of drug-likeness (QED) is 0.808. The molecule has 16 heavy (non-hydrogen) atoms. The van der Waals surface area contributed by atoms with E-state index in [4.69, 9.17) is 0 Å². The number of nitrogens with one attached hydrogen (secondary N) is 1. The Bertz CT molecular complexity index is 205. The van der Waals surface area contributed by atoms with E-state index in [0.29, 0.717) is 18.4 Å². The minimum absolute atomic E-state index is 0. The third-order valence-electron chi connectivity index (χ3n) is 3.29. The molecule has 0 saturated carbocycles. The Hall–Kier alpha value is -0.280. The van der Waals surface area contributed by atoms with Gasteiger partial charge in [-0.15, -0.1) is 12.4 Å². The number of carbonyl (C=O) groups is 1. The first-order chi connectivity index (χ1) is 7.13. The maximum absolute atomic E-state index is 11.8. The number of amides is 1. The van der Waals surface area contributed by atoms with Crippen LogP contribution in [0.25, 0.3) is 0 Å². The fourth-order valence-electron chi connectivity index (χ4n) is 2.00. The zero-order valence-corrected chi connectivity index (χ0v) is 11.5. The highest BCUT2D eigenvalue weighted by Gasteiger charge is 2.20. The first kappa shape index (κ1) is 15.7. The van der Waals surface area contributed by atoms with Gasteiger partial charge in [-0.1, -0.05) is 20.3 Å². The molecule has 96 valence electrons. The predicted octanol–water partition coefficient (Wildman–Crippen LogP) is 2.05. The second-order valence-electron chi connectivity index (χ2n) is 4.79. The third-order valence-corrected chi connectivity index (χ3v) is 3.29. The van der Waals surface area contributed by atoms with Gasteiger partial charge in [0.25, 0.3) is 0 Å². The summed E-state index contributed by atoms with van der Waals surface area (Å²) in [7, 11) is 1.92. The van der Waals surface area contributed by atoms with Crippen LogP contribution >= 0.6 is 12.4 Å². The Labute approximate surface area is 105 Å². The molecule has 0 aromatic heterocycles. The SMILES string of the molecule is CCC(C)CN(C)C(=O)CC1CCCN1.Cl. The van der Waals surface area contributed by atoms with Gasteiger partial charge in [0.1, 0.15) is 0 Å². The van der Waals surface area contributed by atoms with Crippen molar-refractivity contribution in [2.24, 2.45) is 5.92 Å². The van der Waals surface area contributed by atoms with Gasteiger partial charge in [-0.25, -0.2) is 0 Å². The van der Waals surface area contributed by atoms with Crippen LogP contribution < -0.4 is 5.32 Å². The van der Waals surface area contributed by atoms with Crippen LogP contribution in [0.1, 0.15) is 39.5 Å². The summed E-state index contributed by atoms with van der Waals surface area (Å²) in [6, 6.07) is 0.428. The van der Waals surface area contributed by atoms with Crippen molar-refractivity contribution in [2.45, 2.75) is 45.6 Å². The normalized spacial score (nSPS) is 21.3. The maximum Gasteiger partial charge on any atom is 0.223 e. The minimum Gasteiger partial charge on any atom is -0.345 e. The van der Waals surface area contributed by atoms with Crippen LogP contribution in [-0.2, 0) is 4.79 Å². The highest BCUT2D eigenvalue weighted by Crippen LogP contribution is 2.11. The Kier molecular flexibility index (Phi) is 7.77. The average molecular weight is 249 g/mol. The van der Waals surface area contributed by atoms with Gasteiger partial charge < -0.3 is 10.2 Å². The summed E-state index contributed by atoms with van der Waals surface area (Å²) >= 11 is 0. The molecule has 1 aliphatic rings. The number of nitrogens with zero attached hydrogens (tertiary/aromatic N) is 1. The van der Waals surface area contributed by atoms with Crippen molar-refractivity contribution in [3.8, 4) is 0 Å². The molecule has 0 spiro atoms. The van der Waals surface area contributed by atoms with Gasteiger partial charge in [-0.05, 0) is 25.3 Å². The molecule has 1 fully saturated rings. The lowest BCUT2D eigenvalue weighted by molar-refractivity contribution is -0.130. The average Bonchev–Trinajstić information content (AvgIpc) is 2.70. The number of carbonyl (C=O) groups excluding carboxylic acids is 1. The minimum atomic E-state index is 0. The second-order valence-corrected chi connectivity index (χ2v) is 4.79. The monoisotopic (exact) mass is 248 g/mol. The van der Waals surface area contributed by atoms with Gasteiger partial charge in [0.05, 0.1) is 0 Å². The number of hydrogen-bond donors (Lipinski definition) is 1. The standard InChI is InChI=1S/C12H24N2O.ClH/c1-4-10(2)9-14(3)12(15)8-11-6-5-7-13-11;/h10-11,13H,4-9H2,1-3H3;1H. The first-order valence-electron chi connectivity index (χ1n) is 6.10. The van der Waals surface area contributed by atoms with Crippen molar-refractivity contribution < 1.29 is 4.79 Å². The molecule has 0 aromatic rings. The van der Waals surface area contributed by atoms with Crippen molar-refractivity contribution in [3.05, 3.63) is 0 Å². The molecule has 4 heteroatoms. The molecule has 1 rings (SSSR count). The van der Waals surface area contributed by atoms with E-state index in [0.717, 1.165) is 25.9 Å². The lowest BCUT2D eigenvalue weighted by Crippen LogP contribution is -2.35. The van der Waals surface area contributed by atoms with E-state index >= 15 is 0 Å². The van der Waals surface area contributed by atoms with E-state index in [1.54, 1.807) is 0 Å². The summed E-state index contributed by atoms with van der Waals surface area (Å²) in [5.74, 6) is 0.894. The van der Waals surface area contributed by atoms with Gasteiger partial charge in [-0.3, -0.25) is 4.79 Å². The van der Waals surface area contributed by atoms with E-state index in [1.807, 2.05) is 11.9 Å². The molecule has 0 aliphatic carbocycles. The summed E-state index contributed by atoms with van der Waals surface area (Å²) in [4.78, 5) is 13.7. The van der Waals surface area contributed by atoms with Crippen molar-refractivity contribution in [1.29, 1.82) is 0 Å². The number of halogens is 1. The van der Waals surface area contributed by atoms with E-state index in [1.165, 1.54) is 6.42 Å². The van der Waals surface area contributed by atoms with E-state index in [2.05, 4.69) is 19.2 Å². The molecule has 0 bridgehead atoms. The molecule has 1 aliphatic heterocycles. The molecule has 1 N–H and O–H groups in total. The largest absolute Gasteiger partial charge is 0.345 e. The summed E-state index contributed by atoms with van der Waals surface area (Å²) in [5.41, 5.74) is 0. The lowest BCUT2D eigenvalue weighted by atomic mass is 10.1. The molecule has 1 heterocycles. The molecule has 0 radical (unpaired) electrons. The van der Waals surface area contributed by atoms with Crippen LogP contribution in [0.3, 0.4) is 0 Å². The molecule has 1 amide bonds. The Balaban J connectivity index is 0.00000225. The van der Waals surface area contributed by atoms with Crippen LogP contribution in [0.5, 0.6) is 0 Å². The zero-order chi connectivity index (χ0) is 11.3. The predicted molar refractivity (Wildman–Crippen MR) is 70.0 cm³/mol. The van der Waals surface area contributed by atoms with Crippen molar-refractivity contribution >= 4 is 18.3 Å². The van der Waals surface area contributed by atoms with Gasteiger partial charge in [-0.2, -0.15) is 0 Å². The van der Waals surface area contributed by atoms with E-state index < -0.39 is 0 Å². The first-order valence-corrected chi connectivity index (χ1v) is 6.10. The third kappa shape index (κ3) is 5.17. The van der Waals surface area contributed by atoms with Crippen molar-refractivity contribution in [1.82, 2.24) is 10.2 Å². The van der Waals surface area contributed by atoms with Gasteiger partial charge in [0.2, 0.25) is 5.91 Å². The number of hydrogen-bond acceptors (Lipinski definition) is 2. The molecular formula is C12H25ClN2O. The molecule has 1 saturated heterocycles. The van der Waals surface area contributed by atoms with Crippen LogP contribution in [0.4, 0.5) is 0 Å².